The molecule has 3 N–H and O–H groups in total. The third-order valence-corrected chi connectivity index (χ3v) is 2.86. The van der Waals surface area contributed by atoms with Crippen molar-refractivity contribution in [3.05, 3.63) is 23.8 Å². The first kappa shape index (κ1) is 16.5. The topological polar surface area (TPSA) is 67.6 Å². The van der Waals surface area contributed by atoms with Crippen molar-refractivity contribution < 1.29 is 9.53 Å². The Bertz CT molecular complexity index is 447. The number of anilines is 2. The minimum Gasteiger partial charge on any atom is -0.399 e. The summed E-state index contributed by atoms with van der Waals surface area (Å²) in [7, 11) is 1.90. The second-order valence-corrected chi connectivity index (χ2v) is 5.28. The average molecular weight is 279 g/mol. The Morgan fingerprint density at radius 2 is 2.15 bits per heavy atom. The van der Waals surface area contributed by atoms with Crippen LogP contribution in [0.3, 0.4) is 0 Å². The van der Waals surface area contributed by atoms with Crippen molar-refractivity contribution in [1.29, 1.82) is 0 Å². The number of rotatable bonds is 7. The van der Waals surface area contributed by atoms with E-state index >= 15 is 0 Å². The third-order valence-electron chi connectivity index (χ3n) is 2.86. The second-order valence-electron chi connectivity index (χ2n) is 5.28. The van der Waals surface area contributed by atoms with Gasteiger partial charge in [0.2, 0.25) is 5.91 Å². The number of aryl methyl sites for hydroxylation is 1. The molecule has 0 aliphatic carbocycles. The van der Waals surface area contributed by atoms with Gasteiger partial charge in [0.05, 0.1) is 19.3 Å². The standard InChI is InChI=1S/C15H25N3O2/c1-11(2)20-8-7-18(4)10-15(19)17-14-6-5-13(16)9-12(14)3/h5-6,9,11H,7-8,10,16H2,1-4H3,(H,17,19). The molecule has 0 unspecified atom stereocenters. The Labute approximate surface area is 121 Å². The number of carbonyl (C=O) groups is 1. The summed E-state index contributed by atoms with van der Waals surface area (Å²) in [4.78, 5) is 13.9. The molecular weight excluding hydrogens is 254 g/mol. The Hall–Kier alpha value is -1.59. The van der Waals surface area contributed by atoms with Gasteiger partial charge < -0.3 is 15.8 Å². The van der Waals surface area contributed by atoms with Gasteiger partial charge in [-0.3, -0.25) is 9.69 Å². The van der Waals surface area contributed by atoms with Gasteiger partial charge in [-0.15, -0.1) is 0 Å². The van der Waals surface area contributed by atoms with Crippen LogP contribution >= 0.6 is 0 Å². The van der Waals surface area contributed by atoms with Gasteiger partial charge in [-0.05, 0) is 51.6 Å². The molecule has 0 saturated heterocycles. The van der Waals surface area contributed by atoms with Crippen LogP contribution in [0, 0.1) is 6.92 Å². The molecule has 0 aliphatic heterocycles. The summed E-state index contributed by atoms with van der Waals surface area (Å²) >= 11 is 0. The minimum absolute atomic E-state index is 0.0371. The molecule has 0 heterocycles. The molecule has 0 radical (unpaired) electrons. The quantitative estimate of drug-likeness (QED) is 0.748. The number of ether oxygens (including phenoxy) is 1. The molecule has 0 aliphatic rings. The van der Waals surface area contributed by atoms with Gasteiger partial charge in [0.1, 0.15) is 0 Å². The zero-order valence-electron chi connectivity index (χ0n) is 12.8. The Morgan fingerprint density at radius 1 is 1.45 bits per heavy atom. The molecule has 1 amide bonds. The van der Waals surface area contributed by atoms with Crippen molar-refractivity contribution in [2.75, 3.05) is 37.8 Å². The number of carbonyl (C=O) groups excluding carboxylic acids is 1. The highest BCUT2D eigenvalue weighted by molar-refractivity contribution is 5.93. The lowest BCUT2D eigenvalue weighted by molar-refractivity contribution is -0.117. The van der Waals surface area contributed by atoms with Crippen molar-refractivity contribution in [3.63, 3.8) is 0 Å². The Kier molecular flexibility index (Phi) is 6.48. The van der Waals surface area contributed by atoms with Crippen LogP contribution in [0.25, 0.3) is 0 Å². The molecule has 20 heavy (non-hydrogen) atoms. The Balaban J connectivity index is 2.39. The number of hydrogen-bond donors (Lipinski definition) is 2. The van der Waals surface area contributed by atoms with Gasteiger partial charge in [-0.25, -0.2) is 0 Å². The lowest BCUT2D eigenvalue weighted by Gasteiger charge is -2.17. The summed E-state index contributed by atoms with van der Waals surface area (Å²) in [5.41, 5.74) is 8.15. The van der Waals surface area contributed by atoms with Gasteiger partial charge in [0, 0.05) is 17.9 Å². The van der Waals surface area contributed by atoms with E-state index in [1.165, 1.54) is 0 Å². The van der Waals surface area contributed by atoms with Crippen molar-refractivity contribution in [2.45, 2.75) is 26.9 Å². The minimum atomic E-state index is -0.0371. The largest absolute Gasteiger partial charge is 0.399 e. The van der Waals surface area contributed by atoms with E-state index in [2.05, 4.69) is 5.32 Å². The molecule has 0 atom stereocenters. The molecule has 1 aromatic rings. The molecule has 1 rings (SSSR count). The zero-order valence-corrected chi connectivity index (χ0v) is 12.8. The number of nitrogens with two attached hydrogens (primary N) is 1. The second kappa shape index (κ2) is 7.87. The van der Waals surface area contributed by atoms with E-state index in [0.29, 0.717) is 18.8 Å². The van der Waals surface area contributed by atoms with Gasteiger partial charge in [0.25, 0.3) is 0 Å². The van der Waals surface area contributed by atoms with Crippen LogP contribution < -0.4 is 11.1 Å². The molecule has 5 nitrogen and oxygen atoms in total. The lowest BCUT2D eigenvalue weighted by atomic mass is 10.2. The smallest absolute Gasteiger partial charge is 0.238 e. The summed E-state index contributed by atoms with van der Waals surface area (Å²) < 4.78 is 5.46. The van der Waals surface area contributed by atoms with E-state index in [0.717, 1.165) is 17.8 Å². The van der Waals surface area contributed by atoms with Crippen molar-refractivity contribution in [2.24, 2.45) is 0 Å². The molecule has 5 heteroatoms. The lowest BCUT2D eigenvalue weighted by Crippen LogP contribution is -2.33. The normalized spacial score (nSPS) is 11.1. The summed E-state index contributed by atoms with van der Waals surface area (Å²) in [6.45, 7) is 7.61. The molecule has 0 fully saturated rings. The molecule has 112 valence electrons. The number of hydrogen-bond acceptors (Lipinski definition) is 4. The first-order chi connectivity index (χ1) is 9.38. The van der Waals surface area contributed by atoms with E-state index < -0.39 is 0 Å². The van der Waals surface area contributed by atoms with Crippen molar-refractivity contribution >= 4 is 17.3 Å². The van der Waals surface area contributed by atoms with Crippen LogP contribution in [0.2, 0.25) is 0 Å². The van der Waals surface area contributed by atoms with E-state index in [1.807, 2.05) is 44.9 Å². The highest BCUT2D eigenvalue weighted by atomic mass is 16.5. The summed E-state index contributed by atoms with van der Waals surface area (Å²) in [6, 6.07) is 5.45. The maximum atomic E-state index is 11.9. The van der Waals surface area contributed by atoms with Crippen LogP contribution in [0.4, 0.5) is 11.4 Å². The molecule has 1 aromatic carbocycles. The number of nitrogens with zero attached hydrogens (tertiary/aromatic N) is 1. The summed E-state index contributed by atoms with van der Waals surface area (Å²) in [5.74, 6) is -0.0371. The molecule has 0 aromatic heterocycles. The first-order valence-corrected chi connectivity index (χ1v) is 6.84. The monoisotopic (exact) mass is 279 g/mol. The van der Waals surface area contributed by atoms with Crippen LogP contribution in [0.1, 0.15) is 19.4 Å². The predicted molar refractivity (Wildman–Crippen MR) is 82.8 cm³/mol. The Morgan fingerprint density at radius 3 is 2.75 bits per heavy atom. The summed E-state index contributed by atoms with van der Waals surface area (Å²) in [5, 5.41) is 2.89. The van der Waals surface area contributed by atoms with E-state index in [9.17, 15) is 4.79 Å². The van der Waals surface area contributed by atoms with Gasteiger partial charge in [-0.1, -0.05) is 0 Å². The average Bonchev–Trinajstić information content (AvgIpc) is 2.32. The first-order valence-electron chi connectivity index (χ1n) is 6.84. The fraction of sp³-hybridized carbons (Fsp3) is 0.533. The van der Waals surface area contributed by atoms with E-state index in [-0.39, 0.29) is 12.0 Å². The summed E-state index contributed by atoms with van der Waals surface area (Å²) in [6.07, 6.45) is 0.217. The van der Waals surface area contributed by atoms with Crippen LogP contribution in [0.15, 0.2) is 18.2 Å². The van der Waals surface area contributed by atoms with Crippen LogP contribution in [-0.2, 0) is 9.53 Å². The maximum Gasteiger partial charge on any atom is 0.238 e. The van der Waals surface area contributed by atoms with Crippen molar-refractivity contribution in [1.82, 2.24) is 4.90 Å². The molecule has 0 bridgehead atoms. The fourth-order valence-electron chi connectivity index (χ4n) is 1.79. The number of amides is 1. The highest BCUT2D eigenvalue weighted by Gasteiger charge is 2.08. The predicted octanol–water partition coefficient (Wildman–Crippen LogP) is 1.87. The zero-order chi connectivity index (χ0) is 15.1. The van der Waals surface area contributed by atoms with Gasteiger partial charge in [0.15, 0.2) is 0 Å². The highest BCUT2D eigenvalue weighted by Crippen LogP contribution is 2.17. The number of benzene rings is 1. The SMILES string of the molecule is Cc1cc(N)ccc1NC(=O)CN(C)CCOC(C)C. The third kappa shape index (κ3) is 6.04. The van der Waals surface area contributed by atoms with Crippen LogP contribution in [0.5, 0.6) is 0 Å². The molecule has 0 saturated carbocycles. The molecule has 0 spiro atoms. The fourth-order valence-corrected chi connectivity index (χ4v) is 1.79. The number of likely N-dealkylation sites (N-methyl/N-ethyl adjacent to an activating group) is 1. The van der Waals surface area contributed by atoms with Gasteiger partial charge in [-0.2, -0.15) is 0 Å². The van der Waals surface area contributed by atoms with Crippen LogP contribution in [-0.4, -0.2) is 43.7 Å². The number of nitrogens with one attached hydrogen (secondary N) is 1. The maximum absolute atomic E-state index is 11.9. The van der Waals surface area contributed by atoms with E-state index in [1.54, 1.807) is 6.07 Å². The van der Waals surface area contributed by atoms with Crippen molar-refractivity contribution in [3.8, 4) is 0 Å². The molecular formula is C15H25N3O2. The van der Waals surface area contributed by atoms with E-state index in [4.69, 9.17) is 10.5 Å². The number of nitrogen functional groups attached to an aromatic ring is 1. The van der Waals surface area contributed by atoms with Gasteiger partial charge >= 0.3 is 0 Å².